The number of ether oxygens (including phenoxy) is 3. The predicted octanol–water partition coefficient (Wildman–Crippen LogP) is 3.62. The van der Waals surface area contributed by atoms with Gasteiger partial charge in [0.05, 0.1) is 6.61 Å². The van der Waals surface area contributed by atoms with E-state index in [0.717, 1.165) is 0 Å². The summed E-state index contributed by atoms with van der Waals surface area (Å²) < 4.78 is 17.8. The Labute approximate surface area is 150 Å². The molecule has 9 nitrogen and oxygen atoms in total. The van der Waals surface area contributed by atoms with Crippen molar-refractivity contribution in [2.75, 3.05) is 19.8 Å². The van der Waals surface area contributed by atoms with Gasteiger partial charge in [0.2, 0.25) is 6.29 Å². The molecule has 0 spiro atoms. The molecule has 0 aliphatic heterocycles. The molecule has 2 rings (SSSR count). The van der Waals surface area contributed by atoms with Gasteiger partial charge in [0, 0.05) is 36.1 Å². The third kappa shape index (κ3) is 4.60. The van der Waals surface area contributed by atoms with Crippen molar-refractivity contribution in [2.45, 2.75) is 27.1 Å². The van der Waals surface area contributed by atoms with E-state index in [4.69, 9.17) is 19.7 Å². The monoisotopic (exact) mass is 359 g/mol. The number of aromatic nitrogens is 2. The first-order valence-corrected chi connectivity index (χ1v) is 8.29. The number of rotatable bonds is 9. The summed E-state index contributed by atoms with van der Waals surface area (Å²) in [5.41, 5.74) is 10.3. The number of azide groups is 1. The van der Waals surface area contributed by atoms with Gasteiger partial charge in [-0.25, -0.2) is 9.78 Å². The van der Waals surface area contributed by atoms with E-state index in [9.17, 15) is 4.79 Å². The lowest BCUT2D eigenvalue weighted by Gasteiger charge is -2.13. The Hall–Kier alpha value is -2.87. The fourth-order valence-electron chi connectivity index (χ4n) is 2.33. The normalized spacial score (nSPS) is 11.6. The topological polar surface area (TPSA) is 111 Å². The van der Waals surface area contributed by atoms with Gasteiger partial charge in [-0.1, -0.05) is 5.11 Å². The molecular weight excluding hydrogens is 338 g/mol. The SMILES string of the molecule is CCOC(=O)/C(=C/c1cccn2cc(C(OCC)OCC)nc12)N=[N+]=[N-]. The second kappa shape index (κ2) is 9.57. The van der Waals surface area contributed by atoms with Crippen molar-refractivity contribution < 1.29 is 19.0 Å². The highest BCUT2D eigenvalue weighted by atomic mass is 16.7. The van der Waals surface area contributed by atoms with E-state index in [1.54, 1.807) is 29.7 Å². The number of carbonyl (C=O) groups is 1. The Kier molecular flexibility index (Phi) is 7.16. The molecule has 0 atom stereocenters. The molecule has 0 fully saturated rings. The molecule has 2 aromatic rings. The minimum absolute atomic E-state index is 0.141. The molecule has 138 valence electrons. The summed E-state index contributed by atoms with van der Waals surface area (Å²) in [6.07, 6.45) is 4.47. The maximum absolute atomic E-state index is 11.9. The zero-order valence-electron chi connectivity index (χ0n) is 15.0. The fourth-order valence-corrected chi connectivity index (χ4v) is 2.33. The van der Waals surface area contributed by atoms with E-state index < -0.39 is 12.3 Å². The van der Waals surface area contributed by atoms with Crippen LogP contribution in [0.5, 0.6) is 0 Å². The Bertz CT molecular complexity index is 833. The molecule has 2 heterocycles. The number of carbonyl (C=O) groups excluding carboxylic acids is 1. The van der Waals surface area contributed by atoms with Crippen LogP contribution in [0.4, 0.5) is 0 Å². The van der Waals surface area contributed by atoms with Gasteiger partial charge in [-0.15, -0.1) is 0 Å². The lowest BCUT2D eigenvalue weighted by atomic mass is 10.2. The highest BCUT2D eigenvalue weighted by Crippen LogP contribution is 2.22. The average molecular weight is 359 g/mol. The molecular formula is C17H21N5O4. The van der Waals surface area contributed by atoms with Crippen LogP contribution < -0.4 is 0 Å². The molecule has 0 aliphatic rings. The van der Waals surface area contributed by atoms with Crippen LogP contribution in [0.1, 0.15) is 38.3 Å². The Morgan fingerprint density at radius 2 is 2.08 bits per heavy atom. The molecule has 0 aromatic carbocycles. The van der Waals surface area contributed by atoms with Gasteiger partial charge in [-0.3, -0.25) is 0 Å². The van der Waals surface area contributed by atoms with Gasteiger partial charge in [-0.2, -0.15) is 0 Å². The number of esters is 1. The van der Waals surface area contributed by atoms with Gasteiger partial charge in [0.15, 0.2) is 0 Å². The first-order valence-electron chi connectivity index (χ1n) is 8.29. The van der Waals surface area contributed by atoms with Crippen LogP contribution >= 0.6 is 0 Å². The van der Waals surface area contributed by atoms with Gasteiger partial charge in [-0.05, 0) is 44.5 Å². The van der Waals surface area contributed by atoms with Crippen LogP contribution in [0.25, 0.3) is 22.2 Å². The summed E-state index contributed by atoms with van der Waals surface area (Å²) in [4.78, 5) is 19.2. The second-order valence-corrected chi connectivity index (χ2v) is 5.04. The number of imidazole rings is 1. The lowest BCUT2D eigenvalue weighted by molar-refractivity contribution is -0.142. The second-order valence-electron chi connectivity index (χ2n) is 5.04. The molecule has 0 amide bonds. The standard InChI is InChI=1S/C17H21N5O4/c1-4-24-16(23)13(20-21-18)10-12-8-7-9-22-11-14(19-15(12)22)17(25-5-2)26-6-3/h7-11,17H,4-6H2,1-3H3/b13-10-. The number of hydrogen-bond donors (Lipinski definition) is 0. The van der Waals surface area contributed by atoms with Crippen molar-refractivity contribution in [1.29, 1.82) is 0 Å². The molecule has 0 unspecified atom stereocenters. The summed E-state index contributed by atoms with van der Waals surface area (Å²) in [6, 6.07) is 3.55. The molecule has 0 saturated heterocycles. The van der Waals surface area contributed by atoms with E-state index in [1.165, 1.54) is 6.08 Å². The lowest BCUT2D eigenvalue weighted by Crippen LogP contribution is -2.09. The Balaban J connectivity index is 2.49. The van der Waals surface area contributed by atoms with Crippen LogP contribution in [0.15, 0.2) is 35.3 Å². The maximum Gasteiger partial charge on any atom is 0.340 e. The molecule has 2 aromatic heterocycles. The van der Waals surface area contributed by atoms with Crippen molar-refractivity contribution in [2.24, 2.45) is 5.11 Å². The van der Waals surface area contributed by atoms with Crippen molar-refractivity contribution >= 4 is 17.7 Å². The summed E-state index contributed by atoms with van der Waals surface area (Å²) in [7, 11) is 0. The smallest absolute Gasteiger partial charge is 0.340 e. The summed E-state index contributed by atoms with van der Waals surface area (Å²) in [5, 5.41) is 3.43. The number of fused-ring (bicyclic) bond motifs is 1. The molecule has 9 heteroatoms. The Morgan fingerprint density at radius 1 is 1.35 bits per heavy atom. The third-order valence-electron chi connectivity index (χ3n) is 3.34. The first kappa shape index (κ1) is 19.5. The zero-order chi connectivity index (χ0) is 18.9. The zero-order valence-corrected chi connectivity index (χ0v) is 15.0. The summed E-state index contributed by atoms with van der Waals surface area (Å²) in [5.74, 6) is -0.694. The van der Waals surface area contributed by atoms with Crippen molar-refractivity contribution in [1.82, 2.24) is 9.38 Å². The Morgan fingerprint density at radius 3 is 2.69 bits per heavy atom. The quantitative estimate of drug-likeness (QED) is 0.169. The average Bonchev–Trinajstić information content (AvgIpc) is 3.06. The summed E-state index contributed by atoms with van der Waals surface area (Å²) >= 11 is 0. The van der Waals surface area contributed by atoms with Crippen LogP contribution in [0.2, 0.25) is 0 Å². The first-order chi connectivity index (χ1) is 12.6. The van der Waals surface area contributed by atoms with Crippen LogP contribution in [-0.2, 0) is 19.0 Å². The third-order valence-corrected chi connectivity index (χ3v) is 3.34. The van der Waals surface area contributed by atoms with Crippen LogP contribution in [0.3, 0.4) is 0 Å². The highest BCUT2D eigenvalue weighted by molar-refractivity contribution is 5.94. The van der Waals surface area contributed by atoms with Crippen molar-refractivity contribution in [3.63, 3.8) is 0 Å². The van der Waals surface area contributed by atoms with Crippen LogP contribution in [0, 0.1) is 0 Å². The summed E-state index contributed by atoms with van der Waals surface area (Å²) in [6.45, 7) is 6.57. The molecule has 0 bridgehead atoms. The highest BCUT2D eigenvalue weighted by Gasteiger charge is 2.17. The predicted molar refractivity (Wildman–Crippen MR) is 94.9 cm³/mol. The number of hydrogen-bond acceptors (Lipinski definition) is 6. The van der Waals surface area contributed by atoms with E-state index >= 15 is 0 Å². The number of pyridine rings is 1. The molecule has 0 saturated carbocycles. The molecule has 0 N–H and O–H groups in total. The maximum atomic E-state index is 11.9. The van der Waals surface area contributed by atoms with Crippen molar-refractivity contribution in [3.8, 4) is 0 Å². The fraction of sp³-hybridized carbons (Fsp3) is 0.412. The minimum atomic E-state index is -0.694. The molecule has 0 radical (unpaired) electrons. The van der Waals surface area contributed by atoms with E-state index in [-0.39, 0.29) is 12.3 Å². The molecule has 26 heavy (non-hydrogen) atoms. The number of nitrogens with zero attached hydrogens (tertiary/aromatic N) is 5. The van der Waals surface area contributed by atoms with Gasteiger partial charge >= 0.3 is 5.97 Å². The minimum Gasteiger partial charge on any atom is -0.462 e. The van der Waals surface area contributed by atoms with E-state index in [0.29, 0.717) is 30.1 Å². The van der Waals surface area contributed by atoms with E-state index in [1.807, 2.05) is 20.0 Å². The van der Waals surface area contributed by atoms with Gasteiger partial charge in [0.1, 0.15) is 17.0 Å². The van der Waals surface area contributed by atoms with E-state index in [2.05, 4.69) is 15.0 Å². The van der Waals surface area contributed by atoms with Gasteiger partial charge in [0.25, 0.3) is 0 Å². The van der Waals surface area contributed by atoms with Crippen molar-refractivity contribution in [3.05, 3.63) is 51.9 Å². The van der Waals surface area contributed by atoms with Crippen LogP contribution in [-0.4, -0.2) is 35.2 Å². The molecule has 0 aliphatic carbocycles. The van der Waals surface area contributed by atoms with Gasteiger partial charge < -0.3 is 18.6 Å². The largest absolute Gasteiger partial charge is 0.462 e.